The molecule has 1 aliphatic rings. The lowest BCUT2D eigenvalue weighted by Gasteiger charge is -2.23. The highest BCUT2D eigenvalue weighted by Gasteiger charge is 2.16. The number of ether oxygens (including phenoxy) is 2. The van der Waals surface area contributed by atoms with E-state index >= 15 is 0 Å². The quantitative estimate of drug-likeness (QED) is 0.895. The summed E-state index contributed by atoms with van der Waals surface area (Å²) in [5, 5.41) is 0. The summed E-state index contributed by atoms with van der Waals surface area (Å²) in [6.45, 7) is 1.50. The summed E-state index contributed by atoms with van der Waals surface area (Å²) in [6.07, 6.45) is 3.66. The van der Waals surface area contributed by atoms with E-state index in [0.29, 0.717) is 11.6 Å². The first kappa shape index (κ1) is 10.7. The van der Waals surface area contributed by atoms with Crippen LogP contribution >= 0.6 is 15.9 Å². The molecule has 1 fully saturated rings. The van der Waals surface area contributed by atoms with Crippen molar-refractivity contribution in [3.05, 3.63) is 16.7 Å². The average molecular weight is 273 g/mol. The zero-order valence-electron chi connectivity index (χ0n) is 8.28. The number of pyridine rings is 1. The van der Waals surface area contributed by atoms with E-state index in [1.165, 1.54) is 0 Å². The summed E-state index contributed by atoms with van der Waals surface area (Å²) in [7, 11) is 0. The van der Waals surface area contributed by atoms with Gasteiger partial charge in [-0.15, -0.1) is 0 Å². The summed E-state index contributed by atoms with van der Waals surface area (Å²) in [5.74, 6) is 0.519. The van der Waals surface area contributed by atoms with Crippen LogP contribution in [0.4, 0.5) is 5.69 Å². The molecule has 0 aliphatic carbocycles. The SMILES string of the molecule is Nc1cc(Br)cnc1OC1CCOCC1. The van der Waals surface area contributed by atoms with Crippen LogP contribution in [0.25, 0.3) is 0 Å². The Labute approximate surface area is 96.9 Å². The van der Waals surface area contributed by atoms with E-state index in [-0.39, 0.29) is 6.10 Å². The Morgan fingerprint density at radius 3 is 2.87 bits per heavy atom. The minimum atomic E-state index is 0.176. The second-order valence-corrected chi connectivity index (χ2v) is 4.39. The van der Waals surface area contributed by atoms with Crippen LogP contribution in [0.15, 0.2) is 16.7 Å². The van der Waals surface area contributed by atoms with Crippen molar-refractivity contribution in [2.24, 2.45) is 0 Å². The number of nitrogens with two attached hydrogens (primary N) is 1. The number of aromatic nitrogens is 1. The molecule has 0 radical (unpaired) electrons. The molecule has 1 aromatic heterocycles. The van der Waals surface area contributed by atoms with E-state index in [0.717, 1.165) is 30.5 Å². The summed E-state index contributed by atoms with van der Waals surface area (Å²) < 4.78 is 11.8. The second kappa shape index (κ2) is 4.81. The highest BCUT2D eigenvalue weighted by molar-refractivity contribution is 9.10. The predicted molar refractivity (Wildman–Crippen MR) is 60.8 cm³/mol. The number of halogens is 1. The van der Waals surface area contributed by atoms with Gasteiger partial charge in [-0.3, -0.25) is 0 Å². The molecule has 0 amide bonds. The molecule has 4 nitrogen and oxygen atoms in total. The third kappa shape index (κ3) is 2.82. The third-order valence-electron chi connectivity index (χ3n) is 2.29. The van der Waals surface area contributed by atoms with Crippen molar-refractivity contribution in [3.63, 3.8) is 0 Å². The Kier molecular flexibility index (Phi) is 3.43. The van der Waals surface area contributed by atoms with Gasteiger partial charge in [0, 0.05) is 23.5 Å². The van der Waals surface area contributed by atoms with Crippen molar-refractivity contribution in [1.82, 2.24) is 4.98 Å². The fourth-order valence-electron chi connectivity index (χ4n) is 1.49. The minimum Gasteiger partial charge on any atom is -0.473 e. The summed E-state index contributed by atoms with van der Waals surface area (Å²) >= 11 is 3.30. The monoisotopic (exact) mass is 272 g/mol. The van der Waals surface area contributed by atoms with Crippen molar-refractivity contribution in [2.45, 2.75) is 18.9 Å². The molecular formula is C10H13BrN2O2. The Bertz CT molecular complexity index is 340. The van der Waals surface area contributed by atoms with Crippen molar-refractivity contribution < 1.29 is 9.47 Å². The summed E-state index contributed by atoms with van der Waals surface area (Å²) in [5.41, 5.74) is 6.36. The standard InChI is InChI=1S/C10H13BrN2O2/c11-7-5-9(12)10(13-6-7)15-8-1-3-14-4-2-8/h5-6,8H,1-4,12H2. The molecule has 0 atom stereocenters. The molecule has 82 valence electrons. The van der Waals surface area contributed by atoms with Crippen molar-refractivity contribution in [1.29, 1.82) is 0 Å². The van der Waals surface area contributed by atoms with E-state index in [9.17, 15) is 0 Å². The first-order valence-corrected chi connectivity index (χ1v) is 5.70. The highest BCUT2D eigenvalue weighted by atomic mass is 79.9. The summed E-state index contributed by atoms with van der Waals surface area (Å²) in [4.78, 5) is 4.14. The lowest BCUT2D eigenvalue weighted by Crippen LogP contribution is -2.26. The molecule has 5 heteroatoms. The van der Waals surface area contributed by atoms with Gasteiger partial charge in [0.25, 0.3) is 0 Å². The topological polar surface area (TPSA) is 57.4 Å². The Morgan fingerprint density at radius 2 is 2.20 bits per heavy atom. The van der Waals surface area contributed by atoms with Gasteiger partial charge in [-0.25, -0.2) is 4.98 Å². The molecule has 0 saturated carbocycles. The molecule has 2 heterocycles. The highest BCUT2D eigenvalue weighted by Crippen LogP contribution is 2.24. The van der Waals surface area contributed by atoms with Crippen LogP contribution in [0.3, 0.4) is 0 Å². The molecule has 1 aromatic rings. The molecule has 0 bridgehead atoms. The van der Waals surface area contributed by atoms with Gasteiger partial charge in [0.15, 0.2) is 0 Å². The Hall–Kier alpha value is -0.810. The zero-order valence-corrected chi connectivity index (χ0v) is 9.87. The fourth-order valence-corrected chi connectivity index (χ4v) is 1.84. The lowest BCUT2D eigenvalue weighted by atomic mass is 10.1. The van der Waals surface area contributed by atoms with Gasteiger partial charge < -0.3 is 15.2 Å². The summed E-state index contributed by atoms with van der Waals surface area (Å²) in [6, 6.07) is 1.79. The van der Waals surface area contributed by atoms with Gasteiger partial charge in [0.05, 0.1) is 18.9 Å². The van der Waals surface area contributed by atoms with Gasteiger partial charge in [-0.1, -0.05) is 0 Å². The number of hydrogen-bond donors (Lipinski definition) is 1. The van der Waals surface area contributed by atoms with E-state index in [2.05, 4.69) is 20.9 Å². The number of hydrogen-bond acceptors (Lipinski definition) is 4. The number of rotatable bonds is 2. The molecule has 1 aliphatic heterocycles. The van der Waals surface area contributed by atoms with Crippen LogP contribution in [0.2, 0.25) is 0 Å². The maximum Gasteiger partial charge on any atom is 0.237 e. The Balaban J connectivity index is 2.03. The van der Waals surface area contributed by atoms with Gasteiger partial charge in [0.1, 0.15) is 6.10 Å². The van der Waals surface area contributed by atoms with Crippen LogP contribution in [0.1, 0.15) is 12.8 Å². The van der Waals surface area contributed by atoms with Crippen LogP contribution in [0, 0.1) is 0 Å². The van der Waals surface area contributed by atoms with Crippen LogP contribution in [-0.2, 0) is 4.74 Å². The maximum absolute atomic E-state index is 5.79. The van der Waals surface area contributed by atoms with E-state index in [4.69, 9.17) is 15.2 Å². The van der Waals surface area contributed by atoms with Crippen LogP contribution in [-0.4, -0.2) is 24.3 Å². The smallest absolute Gasteiger partial charge is 0.237 e. The molecule has 0 spiro atoms. The van der Waals surface area contributed by atoms with E-state index in [1.807, 2.05) is 0 Å². The largest absolute Gasteiger partial charge is 0.473 e. The van der Waals surface area contributed by atoms with Crippen molar-refractivity contribution in [3.8, 4) is 5.88 Å². The number of anilines is 1. The lowest BCUT2D eigenvalue weighted by molar-refractivity contribution is 0.0240. The number of nitrogen functional groups attached to an aromatic ring is 1. The van der Waals surface area contributed by atoms with Crippen molar-refractivity contribution in [2.75, 3.05) is 18.9 Å². The van der Waals surface area contributed by atoms with Gasteiger partial charge >= 0.3 is 0 Å². The van der Waals surface area contributed by atoms with Gasteiger partial charge in [0.2, 0.25) is 5.88 Å². The van der Waals surface area contributed by atoms with Crippen LogP contribution in [0.5, 0.6) is 5.88 Å². The maximum atomic E-state index is 5.79. The zero-order chi connectivity index (χ0) is 10.7. The Morgan fingerprint density at radius 1 is 1.47 bits per heavy atom. The molecule has 0 unspecified atom stereocenters. The number of nitrogens with zero attached hydrogens (tertiary/aromatic N) is 1. The molecule has 0 aromatic carbocycles. The first-order valence-electron chi connectivity index (χ1n) is 4.91. The van der Waals surface area contributed by atoms with Gasteiger partial charge in [-0.05, 0) is 22.0 Å². The third-order valence-corrected chi connectivity index (χ3v) is 2.73. The van der Waals surface area contributed by atoms with Crippen molar-refractivity contribution >= 4 is 21.6 Å². The molecule has 15 heavy (non-hydrogen) atoms. The van der Waals surface area contributed by atoms with Gasteiger partial charge in [-0.2, -0.15) is 0 Å². The minimum absolute atomic E-state index is 0.176. The predicted octanol–water partition coefficient (Wildman–Crippen LogP) is 1.98. The van der Waals surface area contributed by atoms with Crippen LogP contribution < -0.4 is 10.5 Å². The van der Waals surface area contributed by atoms with E-state index in [1.54, 1.807) is 12.3 Å². The molecular weight excluding hydrogens is 260 g/mol. The van der Waals surface area contributed by atoms with E-state index < -0.39 is 0 Å². The normalized spacial score (nSPS) is 17.7. The average Bonchev–Trinajstić information content (AvgIpc) is 2.24. The molecule has 2 N–H and O–H groups in total. The second-order valence-electron chi connectivity index (χ2n) is 3.48. The molecule has 1 saturated heterocycles. The molecule has 2 rings (SSSR count). The fraction of sp³-hybridized carbons (Fsp3) is 0.500. The first-order chi connectivity index (χ1) is 7.25.